The maximum atomic E-state index is 13.2. The zero-order valence-electron chi connectivity index (χ0n) is 17.8. The molecule has 2 amide bonds. The Morgan fingerprint density at radius 2 is 1.58 bits per heavy atom. The lowest BCUT2D eigenvalue weighted by Crippen LogP contribution is -2.52. The van der Waals surface area contributed by atoms with Gasteiger partial charge in [-0.25, -0.2) is 9.29 Å². The zero-order chi connectivity index (χ0) is 21.8. The summed E-state index contributed by atoms with van der Waals surface area (Å²) in [6.45, 7) is 5.58. The van der Waals surface area contributed by atoms with E-state index in [2.05, 4.69) is 16.7 Å². The highest BCUT2D eigenvalue weighted by molar-refractivity contribution is 6.22. The van der Waals surface area contributed by atoms with Crippen molar-refractivity contribution in [1.82, 2.24) is 4.90 Å². The van der Waals surface area contributed by atoms with Gasteiger partial charge in [0.1, 0.15) is 11.6 Å². The van der Waals surface area contributed by atoms with E-state index < -0.39 is 6.04 Å². The number of hydrogen-bond acceptors (Lipinski definition) is 5. The van der Waals surface area contributed by atoms with Gasteiger partial charge in [-0.15, -0.1) is 0 Å². The summed E-state index contributed by atoms with van der Waals surface area (Å²) in [5, 5.41) is 0. The van der Waals surface area contributed by atoms with Crippen LogP contribution in [0.5, 0.6) is 5.75 Å². The van der Waals surface area contributed by atoms with E-state index in [-0.39, 0.29) is 24.1 Å². The molecule has 0 unspecified atom stereocenters. The number of carbonyl (C=O) groups excluding carboxylic acids is 2. The number of amides is 2. The number of halogens is 1. The molecule has 2 aromatic carbocycles. The van der Waals surface area contributed by atoms with Crippen LogP contribution < -0.4 is 14.5 Å². The molecule has 164 valence electrons. The monoisotopic (exact) mass is 425 g/mol. The summed E-state index contributed by atoms with van der Waals surface area (Å²) in [7, 11) is 0. The summed E-state index contributed by atoms with van der Waals surface area (Å²) in [6.07, 6.45) is 2.25. The minimum absolute atomic E-state index is 0.167. The second kappa shape index (κ2) is 9.47. The largest absolute Gasteiger partial charge is 0.494 e. The lowest BCUT2D eigenvalue weighted by molar-refractivity contribution is -0.123. The lowest BCUT2D eigenvalue weighted by atomic mass is 10.1. The molecule has 0 saturated carbocycles. The highest BCUT2D eigenvalue weighted by Gasteiger charge is 2.43. The smallest absolute Gasteiger partial charge is 0.251 e. The topological polar surface area (TPSA) is 53.1 Å². The molecule has 7 heteroatoms. The fraction of sp³-hybridized carbons (Fsp3) is 0.417. The van der Waals surface area contributed by atoms with Crippen molar-refractivity contribution >= 4 is 23.2 Å². The predicted molar refractivity (Wildman–Crippen MR) is 118 cm³/mol. The van der Waals surface area contributed by atoms with Crippen molar-refractivity contribution in [3.8, 4) is 5.75 Å². The molecule has 0 aliphatic carbocycles. The Labute approximate surface area is 182 Å². The molecular formula is C24H28FN3O3. The van der Waals surface area contributed by atoms with Crippen molar-refractivity contribution in [3.05, 3.63) is 54.3 Å². The van der Waals surface area contributed by atoms with Crippen LogP contribution in [0.1, 0.15) is 26.2 Å². The molecule has 0 spiro atoms. The maximum Gasteiger partial charge on any atom is 0.251 e. The number of rotatable bonds is 7. The van der Waals surface area contributed by atoms with E-state index in [1.165, 1.54) is 17.0 Å². The van der Waals surface area contributed by atoms with Gasteiger partial charge in [-0.1, -0.05) is 13.3 Å². The van der Waals surface area contributed by atoms with Crippen molar-refractivity contribution in [2.75, 3.05) is 42.6 Å². The van der Waals surface area contributed by atoms with E-state index in [9.17, 15) is 14.0 Å². The molecule has 0 bridgehead atoms. The summed E-state index contributed by atoms with van der Waals surface area (Å²) in [6, 6.07) is 13.2. The molecule has 2 fully saturated rings. The van der Waals surface area contributed by atoms with Crippen LogP contribution in [0.15, 0.2) is 48.5 Å². The third-order valence-corrected chi connectivity index (χ3v) is 5.93. The molecule has 0 aromatic heterocycles. The van der Waals surface area contributed by atoms with E-state index in [0.717, 1.165) is 37.4 Å². The quantitative estimate of drug-likeness (QED) is 0.502. The molecule has 1 atom stereocenters. The SMILES string of the molecule is CCCCOc1ccc(N2C(=O)C[C@H](N3CCN(c4ccc(F)cc4)CC3)C2=O)cc1. The average molecular weight is 426 g/mol. The van der Waals surface area contributed by atoms with Gasteiger partial charge in [-0.05, 0) is 55.0 Å². The number of ether oxygens (including phenoxy) is 1. The van der Waals surface area contributed by atoms with Crippen molar-refractivity contribution < 1.29 is 18.7 Å². The van der Waals surface area contributed by atoms with Crippen LogP contribution in [-0.2, 0) is 9.59 Å². The van der Waals surface area contributed by atoms with Crippen LogP contribution in [0.2, 0.25) is 0 Å². The fourth-order valence-electron chi connectivity index (χ4n) is 4.14. The number of benzene rings is 2. The number of carbonyl (C=O) groups is 2. The Morgan fingerprint density at radius 1 is 0.935 bits per heavy atom. The summed E-state index contributed by atoms with van der Waals surface area (Å²) >= 11 is 0. The van der Waals surface area contributed by atoms with E-state index in [0.29, 0.717) is 25.4 Å². The standard InChI is InChI=1S/C24H28FN3O3/c1-2-3-16-31-21-10-8-20(9-11-21)28-23(29)17-22(24(28)30)27-14-12-26(13-15-27)19-6-4-18(25)5-7-19/h4-11,22H,2-3,12-17H2,1H3/t22-/m0/s1. The minimum Gasteiger partial charge on any atom is -0.494 e. The van der Waals surface area contributed by atoms with Crippen LogP contribution >= 0.6 is 0 Å². The van der Waals surface area contributed by atoms with E-state index in [1.54, 1.807) is 36.4 Å². The molecular weight excluding hydrogens is 397 g/mol. The first-order valence-corrected chi connectivity index (χ1v) is 10.9. The second-order valence-corrected chi connectivity index (χ2v) is 7.98. The molecule has 2 saturated heterocycles. The maximum absolute atomic E-state index is 13.2. The van der Waals surface area contributed by atoms with Crippen molar-refractivity contribution in [1.29, 1.82) is 0 Å². The molecule has 4 rings (SSSR count). The van der Waals surface area contributed by atoms with Crippen LogP contribution in [0.25, 0.3) is 0 Å². The molecule has 2 aliphatic heterocycles. The van der Waals surface area contributed by atoms with Gasteiger partial charge in [0.15, 0.2) is 0 Å². The first-order chi connectivity index (χ1) is 15.1. The van der Waals surface area contributed by atoms with Gasteiger partial charge in [0.25, 0.3) is 5.91 Å². The zero-order valence-corrected chi connectivity index (χ0v) is 17.8. The number of anilines is 2. The number of piperazine rings is 1. The summed E-state index contributed by atoms with van der Waals surface area (Å²) in [4.78, 5) is 31.3. The van der Waals surface area contributed by atoms with Crippen molar-refractivity contribution in [2.45, 2.75) is 32.2 Å². The third-order valence-electron chi connectivity index (χ3n) is 5.93. The number of imide groups is 1. The number of hydrogen-bond donors (Lipinski definition) is 0. The lowest BCUT2D eigenvalue weighted by Gasteiger charge is -2.38. The van der Waals surface area contributed by atoms with Gasteiger partial charge < -0.3 is 9.64 Å². The molecule has 2 aliphatic rings. The Bertz CT molecular complexity index is 909. The summed E-state index contributed by atoms with van der Waals surface area (Å²) in [5.41, 5.74) is 1.56. The number of unbranched alkanes of at least 4 members (excludes halogenated alkanes) is 1. The molecule has 2 aromatic rings. The molecule has 0 radical (unpaired) electrons. The highest BCUT2D eigenvalue weighted by atomic mass is 19.1. The highest BCUT2D eigenvalue weighted by Crippen LogP contribution is 2.28. The molecule has 6 nitrogen and oxygen atoms in total. The Morgan fingerprint density at radius 3 is 2.23 bits per heavy atom. The summed E-state index contributed by atoms with van der Waals surface area (Å²) in [5.74, 6) is 0.151. The first kappa shape index (κ1) is 21.3. The molecule has 31 heavy (non-hydrogen) atoms. The fourth-order valence-corrected chi connectivity index (χ4v) is 4.14. The van der Waals surface area contributed by atoms with Crippen LogP contribution in [-0.4, -0.2) is 55.5 Å². The van der Waals surface area contributed by atoms with Gasteiger partial charge in [0, 0.05) is 31.9 Å². The van der Waals surface area contributed by atoms with Gasteiger partial charge >= 0.3 is 0 Å². The predicted octanol–water partition coefficient (Wildman–Crippen LogP) is 3.46. The Hall–Kier alpha value is -2.93. The molecule has 0 N–H and O–H groups in total. The van der Waals surface area contributed by atoms with Crippen LogP contribution in [0.3, 0.4) is 0 Å². The molecule has 2 heterocycles. The average Bonchev–Trinajstić information content (AvgIpc) is 3.09. The third kappa shape index (κ3) is 4.71. The van der Waals surface area contributed by atoms with Crippen molar-refractivity contribution in [3.63, 3.8) is 0 Å². The van der Waals surface area contributed by atoms with Gasteiger partial charge in [-0.2, -0.15) is 0 Å². The van der Waals surface area contributed by atoms with Crippen LogP contribution in [0.4, 0.5) is 15.8 Å². The minimum atomic E-state index is -0.427. The Balaban J connectivity index is 1.37. The van der Waals surface area contributed by atoms with E-state index >= 15 is 0 Å². The van der Waals surface area contributed by atoms with Crippen LogP contribution in [0, 0.1) is 5.82 Å². The van der Waals surface area contributed by atoms with Crippen molar-refractivity contribution in [2.24, 2.45) is 0 Å². The summed E-state index contributed by atoms with van der Waals surface area (Å²) < 4.78 is 18.8. The van der Waals surface area contributed by atoms with Gasteiger partial charge in [0.2, 0.25) is 5.91 Å². The number of nitrogens with zero attached hydrogens (tertiary/aromatic N) is 3. The first-order valence-electron chi connectivity index (χ1n) is 10.9. The van der Waals surface area contributed by atoms with Gasteiger partial charge in [0.05, 0.1) is 24.8 Å². The normalized spacial score (nSPS) is 19.9. The van der Waals surface area contributed by atoms with Gasteiger partial charge in [-0.3, -0.25) is 14.5 Å². The van der Waals surface area contributed by atoms with E-state index in [4.69, 9.17) is 4.74 Å². The van der Waals surface area contributed by atoms with E-state index in [1.807, 2.05) is 0 Å². The Kier molecular flexibility index (Phi) is 6.51. The second-order valence-electron chi connectivity index (χ2n) is 7.98.